The molecule has 0 spiro atoms. The second-order valence-electron chi connectivity index (χ2n) is 6.58. The van der Waals surface area contributed by atoms with Crippen molar-refractivity contribution in [1.29, 1.82) is 0 Å². The van der Waals surface area contributed by atoms with Crippen LogP contribution < -0.4 is 5.32 Å². The molecule has 2 saturated heterocycles. The minimum Gasteiger partial charge on any atom is -0.508 e. The Morgan fingerprint density at radius 1 is 1.04 bits per heavy atom. The summed E-state index contributed by atoms with van der Waals surface area (Å²) in [5, 5.41) is 12.6. The van der Waals surface area contributed by atoms with E-state index in [9.17, 15) is 14.7 Å². The van der Waals surface area contributed by atoms with Crippen molar-refractivity contribution in [1.82, 2.24) is 15.1 Å². The van der Waals surface area contributed by atoms with Gasteiger partial charge < -0.3 is 25.0 Å². The number of phenols is 1. The van der Waals surface area contributed by atoms with Crippen LogP contribution in [0.25, 0.3) is 0 Å². The lowest BCUT2D eigenvalue weighted by Gasteiger charge is -2.42. The van der Waals surface area contributed by atoms with E-state index in [1.54, 1.807) is 24.1 Å². The molecule has 0 bridgehead atoms. The summed E-state index contributed by atoms with van der Waals surface area (Å²) in [5.74, 6) is 0.0995. The van der Waals surface area contributed by atoms with Crippen molar-refractivity contribution >= 4 is 11.8 Å². The number of amides is 2. The Balaban J connectivity index is 1.60. The molecule has 2 aliphatic rings. The number of rotatable bonds is 3. The highest BCUT2D eigenvalue weighted by molar-refractivity contribution is 5.94. The summed E-state index contributed by atoms with van der Waals surface area (Å²) < 4.78 is 5.61. The molecule has 0 aromatic heterocycles. The number of carbonyl (C=O) groups excluding carboxylic acids is 2. The van der Waals surface area contributed by atoms with Gasteiger partial charge in [-0.1, -0.05) is 0 Å². The monoisotopic (exact) mass is 347 g/mol. The number of phenolic OH excluding ortho intramolecular Hbond substituents is 1. The average molecular weight is 347 g/mol. The minimum atomic E-state index is -0.728. The smallest absolute Gasteiger partial charge is 0.255 e. The van der Waals surface area contributed by atoms with Gasteiger partial charge in [-0.3, -0.25) is 9.59 Å². The molecular formula is C18H25N3O4. The molecule has 0 radical (unpaired) electrons. The lowest BCUT2D eigenvalue weighted by atomic mass is 9.90. The Morgan fingerprint density at radius 2 is 1.60 bits per heavy atom. The number of piperazine rings is 1. The first kappa shape index (κ1) is 17.7. The number of nitrogens with zero attached hydrogens (tertiary/aromatic N) is 2. The molecular weight excluding hydrogens is 322 g/mol. The van der Waals surface area contributed by atoms with Crippen LogP contribution in [0.5, 0.6) is 5.75 Å². The van der Waals surface area contributed by atoms with Crippen LogP contribution in [0.4, 0.5) is 0 Å². The van der Waals surface area contributed by atoms with Gasteiger partial charge in [-0.05, 0) is 50.2 Å². The van der Waals surface area contributed by atoms with E-state index >= 15 is 0 Å². The Morgan fingerprint density at radius 3 is 2.16 bits per heavy atom. The van der Waals surface area contributed by atoms with Crippen molar-refractivity contribution in [3.05, 3.63) is 29.8 Å². The largest absolute Gasteiger partial charge is 0.508 e. The SMILES string of the molecule is COC1(C(=O)N2CCN(C(=O)c3ccc(O)cc3)CC2)CCNCC1. The number of ether oxygens (including phenoxy) is 1. The average Bonchev–Trinajstić information content (AvgIpc) is 2.68. The number of aromatic hydroxyl groups is 1. The van der Waals surface area contributed by atoms with Crippen LogP contribution in [0, 0.1) is 0 Å². The minimum absolute atomic E-state index is 0.0354. The van der Waals surface area contributed by atoms with Gasteiger partial charge in [-0.25, -0.2) is 0 Å². The third kappa shape index (κ3) is 3.62. The number of carbonyl (C=O) groups is 2. The first-order valence-electron chi connectivity index (χ1n) is 8.69. The zero-order chi connectivity index (χ0) is 17.9. The molecule has 7 heteroatoms. The van der Waals surface area contributed by atoms with E-state index in [0.29, 0.717) is 44.6 Å². The number of nitrogens with one attached hydrogen (secondary N) is 1. The van der Waals surface area contributed by atoms with E-state index in [1.165, 1.54) is 12.1 Å². The second-order valence-corrected chi connectivity index (χ2v) is 6.58. The zero-order valence-corrected chi connectivity index (χ0v) is 14.5. The summed E-state index contributed by atoms with van der Waals surface area (Å²) in [5.41, 5.74) is -0.182. The van der Waals surface area contributed by atoms with Gasteiger partial charge in [-0.15, -0.1) is 0 Å². The first-order chi connectivity index (χ1) is 12.1. The van der Waals surface area contributed by atoms with E-state index in [4.69, 9.17) is 4.74 Å². The Kier molecular flexibility index (Phi) is 5.24. The quantitative estimate of drug-likeness (QED) is 0.829. The van der Waals surface area contributed by atoms with Crippen molar-refractivity contribution in [2.75, 3.05) is 46.4 Å². The van der Waals surface area contributed by atoms with Gasteiger partial charge in [0.25, 0.3) is 11.8 Å². The highest BCUT2D eigenvalue weighted by Gasteiger charge is 2.43. The molecule has 0 unspecified atom stereocenters. The van der Waals surface area contributed by atoms with Crippen LogP contribution in [0.1, 0.15) is 23.2 Å². The molecule has 0 aliphatic carbocycles. The summed E-state index contributed by atoms with van der Waals surface area (Å²) in [6, 6.07) is 6.24. The molecule has 2 aliphatic heterocycles. The van der Waals surface area contributed by atoms with Crippen LogP contribution in [0.15, 0.2) is 24.3 Å². The number of hydrogen-bond donors (Lipinski definition) is 2. The topological polar surface area (TPSA) is 82.1 Å². The molecule has 7 nitrogen and oxygen atoms in total. The summed E-state index contributed by atoms with van der Waals surface area (Å²) >= 11 is 0. The molecule has 25 heavy (non-hydrogen) atoms. The van der Waals surface area contributed by atoms with Gasteiger partial charge in [-0.2, -0.15) is 0 Å². The lowest BCUT2D eigenvalue weighted by Crippen LogP contribution is -2.59. The zero-order valence-electron chi connectivity index (χ0n) is 14.5. The van der Waals surface area contributed by atoms with E-state index in [-0.39, 0.29) is 17.6 Å². The standard InChI is InChI=1S/C18H25N3O4/c1-25-18(6-8-19-9-7-18)17(24)21-12-10-20(11-13-21)16(23)14-2-4-15(22)5-3-14/h2-5,19,22H,6-13H2,1H3. The fourth-order valence-electron chi connectivity index (χ4n) is 3.52. The third-order valence-electron chi connectivity index (χ3n) is 5.16. The predicted octanol–water partition coefficient (Wildman–Crippen LogP) is 0.445. The maximum atomic E-state index is 12.9. The van der Waals surface area contributed by atoms with Crippen LogP contribution >= 0.6 is 0 Å². The molecule has 1 aromatic carbocycles. The molecule has 2 N–H and O–H groups in total. The van der Waals surface area contributed by atoms with E-state index in [0.717, 1.165) is 13.1 Å². The molecule has 136 valence electrons. The predicted molar refractivity (Wildman–Crippen MR) is 92.4 cm³/mol. The van der Waals surface area contributed by atoms with Crippen molar-refractivity contribution in [3.63, 3.8) is 0 Å². The normalized spacial score (nSPS) is 20.4. The highest BCUT2D eigenvalue weighted by Crippen LogP contribution is 2.26. The molecule has 1 aromatic rings. The summed E-state index contributed by atoms with van der Waals surface area (Å²) in [6.07, 6.45) is 1.35. The van der Waals surface area contributed by atoms with Crippen molar-refractivity contribution in [2.24, 2.45) is 0 Å². The third-order valence-corrected chi connectivity index (χ3v) is 5.16. The fraction of sp³-hybridized carbons (Fsp3) is 0.556. The first-order valence-corrected chi connectivity index (χ1v) is 8.69. The van der Waals surface area contributed by atoms with Crippen LogP contribution in [0.2, 0.25) is 0 Å². The van der Waals surface area contributed by atoms with Crippen molar-refractivity contribution in [2.45, 2.75) is 18.4 Å². The number of hydrogen-bond acceptors (Lipinski definition) is 5. The van der Waals surface area contributed by atoms with E-state index in [1.807, 2.05) is 4.90 Å². The Labute approximate surface area is 147 Å². The van der Waals surface area contributed by atoms with E-state index < -0.39 is 5.60 Å². The van der Waals surface area contributed by atoms with Gasteiger partial charge in [0.15, 0.2) is 0 Å². The van der Waals surface area contributed by atoms with Crippen LogP contribution in [-0.4, -0.2) is 78.7 Å². The summed E-state index contributed by atoms with van der Waals surface area (Å²) in [6.45, 7) is 3.59. The molecule has 0 saturated carbocycles. The number of methoxy groups -OCH3 is 1. The van der Waals surface area contributed by atoms with Gasteiger partial charge in [0.05, 0.1) is 0 Å². The fourth-order valence-corrected chi connectivity index (χ4v) is 3.52. The van der Waals surface area contributed by atoms with E-state index in [2.05, 4.69) is 5.32 Å². The van der Waals surface area contributed by atoms with Crippen molar-refractivity contribution in [3.8, 4) is 5.75 Å². The highest BCUT2D eigenvalue weighted by atomic mass is 16.5. The molecule has 0 atom stereocenters. The molecule has 2 heterocycles. The maximum absolute atomic E-state index is 12.9. The maximum Gasteiger partial charge on any atom is 0.255 e. The molecule has 2 fully saturated rings. The van der Waals surface area contributed by atoms with Gasteiger partial charge in [0.1, 0.15) is 11.4 Å². The van der Waals surface area contributed by atoms with Crippen LogP contribution in [0.3, 0.4) is 0 Å². The Hall–Kier alpha value is -2.12. The second kappa shape index (κ2) is 7.41. The van der Waals surface area contributed by atoms with Crippen molar-refractivity contribution < 1.29 is 19.4 Å². The van der Waals surface area contributed by atoms with Gasteiger partial charge in [0, 0.05) is 38.9 Å². The Bertz CT molecular complexity index is 618. The van der Waals surface area contributed by atoms with Gasteiger partial charge >= 0.3 is 0 Å². The molecule has 2 amide bonds. The number of piperidine rings is 1. The lowest BCUT2D eigenvalue weighted by molar-refractivity contribution is -0.159. The van der Waals surface area contributed by atoms with Gasteiger partial charge in [0.2, 0.25) is 0 Å². The number of benzene rings is 1. The molecule has 3 rings (SSSR count). The van der Waals surface area contributed by atoms with Crippen LogP contribution in [-0.2, 0) is 9.53 Å². The summed E-state index contributed by atoms with van der Waals surface area (Å²) in [4.78, 5) is 29.0. The summed E-state index contributed by atoms with van der Waals surface area (Å²) in [7, 11) is 1.60.